The Labute approximate surface area is 114 Å². The van der Waals surface area contributed by atoms with Crippen LogP contribution in [-0.2, 0) is 0 Å². The lowest BCUT2D eigenvalue weighted by Gasteiger charge is -2.33. The fourth-order valence-corrected chi connectivity index (χ4v) is 3.61. The van der Waals surface area contributed by atoms with Crippen molar-refractivity contribution >= 4 is 5.65 Å². The van der Waals surface area contributed by atoms with Crippen molar-refractivity contribution in [3.63, 3.8) is 0 Å². The van der Waals surface area contributed by atoms with Crippen LogP contribution in [0.1, 0.15) is 44.9 Å². The number of aliphatic hydroxyl groups is 1. The van der Waals surface area contributed by atoms with Crippen molar-refractivity contribution in [1.29, 1.82) is 0 Å². The molecule has 102 valence electrons. The number of imidazole rings is 1. The third-order valence-electron chi connectivity index (χ3n) is 4.35. The summed E-state index contributed by atoms with van der Waals surface area (Å²) in [7, 11) is 0. The minimum atomic E-state index is -0.426. The molecule has 1 saturated carbocycles. The molecule has 1 fully saturated rings. The number of aliphatic hydroxyl groups excluding tert-OH is 1. The van der Waals surface area contributed by atoms with Crippen molar-refractivity contribution < 1.29 is 5.11 Å². The second kappa shape index (κ2) is 4.97. The van der Waals surface area contributed by atoms with Gasteiger partial charge < -0.3 is 9.51 Å². The van der Waals surface area contributed by atoms with Gasteiger partial charge >= 0.3 is 0 Å². The normalized spacial score (nSPS) is 29.5. The molecule has 19 heavy (non-hydrogen) atoms. The van der Waals surface area contributed by atoms with Crippen LogP contribution in [0.5, 0.6) is 0 Å². The zero-order valence-electron chi connectivity index (χ0n) is 11.7. The molecule has 3 rings (SSSR count). The molecule has 1 aliphatic carbocycles. The van der Waals surface area contributed by atoms with Crippen molar-refractivity contribution in [2.75, 3.05) is 0 Å². The van der Waals surface area contributed by atoms with E-state index in [2.05, 4.69) is 18.8 Å². The summed E-state index contributed by atoms with van der Waals surface area (Å²) in [5.74, 6) is 1.77. The second-order valence-electron chi connectivity index (χ2n) is 6.25. The van der Waals surface area contributed by atoms with Crippen LogP contribution < -0.4 is 0 Å². The topological polar surface area (TPSA) is 37.5 Å². The van der Waals surface area contributed by atoms with E-state index in [4.69, 9.17) is 0 Å². The molecule has 0 bridgehead atoms. The molecule has 0 spiro atoms. The number of pyridine rings is 1. The Morgan fingerprint density at radius 1 is 1.21 bits per heavy atom. The van der Waals surface area contributed by atoms with Crippen LogP contribution in [0, 0.1) is 17.8 Å². The van der Waals surface area contributed by atoms with E-state index in [1.165, 1.54) is 6.42 Å². The van der Waals surface area contributed by atoms with Gasteiger partial charge in [0.2, 0.25) is 0 Å². The first kappa shape index (κ1) is 12.7. The maximum absolute atomic E-state index is 10.6. The molecule has 3 nitrogen and oxygen atoms in total. The van der Waals surface area contributed by atoms with E-state index in [-0.39, 0.29) is 0 Å². The highest BCUT2D eigenvalue weighted by molar-refractivity contribution is 5.39. The Hall–Kier alpha value is -1.35. The summed E-state index contributed by atoms with van der Waals surface area (Å²) in [5, 5.41) is 10.6. The maximum Gasteiger partial charge on any atom is 0.137 e. The predicted octanol–water partition coefficient (Wildman–Crippen LogP) is 3.44. The van der Waals surface area contributed by atoms with Gasteiger partial charge in [-0.15, -0.1) is 0 Å². The van der Waals surface area contributed by atoms with E-state index in [1.807, 2.05) is 35.0 Å². The van der Waals surface area contributed by atoms with Gasteiger partial charge in [-0.3, -0.25) is 0 Å². The monoisotopic (exact) mass is 258 g/mol. The lowest BCUT2D eigenvalue weighted by Crippen LogP contribution is -2.24. The van der Waals surface area contributed by atoms with Crippen LogP contribution in [-0.4, -0.2) is 14.5 Å². The van der Waals surface area contributed by atoms with E-state index < -0.39 is 6.10 Å². The van der Waals surface area contributed by atoms with Crippen molar-refractivity contribution in [2.24, 2.45) is 17.8 Å². The van der Waals surface area contributed by atoms with Gasteiger partial charge in [-0.25, -0.2) is 4.98 Å². The Balaban J connectivity index is 1.84. The smallest absolute Gasteiger partial charge is 0.137 e. The Bertz CT molecular complexity index is 520. The second-order valence-corrected chi connectivity index (χ2v) is 6.25. The lowest BCUT2D eigenvalue weighted by molar-refractivity contribution is 0.0525. The molecule has 0 radical (unpaired) electrons. The average molecular weight is 258 g/mol. The molecule has 0 saturated heterocycles. The van der Waals surface area contributed by atoms with Crippen molar-refractivity contribution in [1.82, 2.24) is 9.38 Å². The molecule has 0 amide bonds. The van der Waals surface area contributed by atoms with Crippen molar-refractivity contribution in [3.8, 4) is 0 Å². The highest BCUT2D eigenvalue weighted by atomic mass is 16.3. The van der Waals surface area contributed by atoms with E-state index in [1.54, 1.807) is 0 Å². The van der Waals surface area contributed by atoms with E-state index in [9.17, 15) is 5.11 Å². The number of rotatable bonds is 2. The highest BCUT2D eigenvalue weighted by Gasteiger charge is 2.30. The molecular weight excluding hydrogens is 236 g/mol. The van der Waals surface area contributed by atoms with Gasteiger partial charge in [0.05, 0.1) is 5.69 Å². The summed E-state index contributed by atoms with van der Waals surface area (Å²) in [6.07, 6.45) is 7.02. The van der Waals surface area contributed by atoms with E-state index >= 15 is 0 Å². The number of hydrogen-bond donors (Lipinski definition) is 1. The fourth-order valence-electron chi connectivity index (χ4n) is 3.61. The zero-order chi connectivity index (χ0) is 13.4. The summed E-state index contributed by atoms with van der Waals surface area (Å²) in [6, 6.07) is 5.93. The van der Waals surface area contributed by atoms with Crippen LogP contribution >= 0.6 is 0 Å². The van der Waals surface area contributed by atoms with Crippen molar-refractivity contribution in [3.05, 3.63) is 36.3 Å². The zero-order valence-corrected chi connectivity index (χ0v) is 11.7. The fraction of sp³-hybridized carbons (Fsp3) is 0.562. The summed E-state index contributed by atoms with van der Waals surface area (Å²) < 4.78 is 1.98. The van der Waals surface area contributed by atoms with Gasteiger partial charge in [-0.1, -0.05) is 19.9 Å². The van der Waals surface area contributed by atoms with Gasteiger partial charge in [-0.05, 0) is 49.1 Å². The molecule has 2 aromatic rings. The van der Waals surface area contributed by atoms with Gasteiger partial charge in [0.25, 0.3) is 0 Å². The highest BCUT2D eigenvalue weighted by Crippen LogP contribution is 2.39. The van der Waals surface area contributed by atoms with Crippen molar-refractivity contribution in [2.45, 2.75) is 39.2 Å². The maximum atomic E-state index is 10.6. The molecule has 2 heterocycles. The third kappa shape index (κ3) is 2.52. The number of fused-ring (bicyclic) bond motifs is 1. The van der Waals surface area contributed by atoms with Crippen LogP contribution in [0.3, 0.4) is 0 Å². The number of nitrogens with zero attached hydrogens (tertiary/aromatic N) is 2. The Morgan fingerprint density at radius 3 is 2.63 bits per heavy atom. The van der Waals surface area contributed by atoms with E-state index in [0.29, 0.717) is 17.8 Å². The summed E-state index contributed by atoms with van der Waals surface area (Å²) in [5.41, 5.74) is 1.73. The van der Waals surface area contributed by atoms with Crippen LogP contribution in [0.15, 0.2) is 30.6 Å². The van der Waals surface area contributed by atoms with Gasteiger partial charge in [0, 0.05) is 12.4 Å². The molecule has 3 atom stereocenters. The van der Waals surface area contributed by atoms with Gasteiger partial charge in [-0.2, -0.15) is 0 Å². The quantitative estimate of drug-likeness (QED) is 0.896. The first-order chi connectivity index (χ1) is 9.13. The minimum Gasteiger partial charge on any atom is -0.386 e. The average Bonchev–Trinajstić information content (AvgIpc) is 2.80. The third-order valence-corrected chi connectivity index (χ3v) is 4.35. The predicted molar refractivity (Wildman–Crippen MR) is 75.8 cm³/mol. The summed E-state index contributed by atoms with van der Waals surface area (Å²) in [4.78, 5) is 4.55. The number of aromatic nitrogens is 2. The standard InChI is InChI=1S/C16H22N2O/c1-11-7-12(2)9-13(8-11)16(19)14-10-18-6-4-3-5-15(18)17-14/h3-6,10-13,16,19H,7-9H2,1-2H3. The molecule has 3 unspecified atom stereocenters. The first-order valence-corrected chi connectivity index (χ1v) is 7.25. The van der Waals surface area contributed by atoms with Crippen LogP contribution in [0.4, 0.5) is 0 Å². The molecule has 0 aromatic carbocycles. The summed E-state index contributed by atoms with van der Waals surface area (Å²) >= 11 is 0. The first-order valence-electron chi connectivity index (χ1n) is 7.25. The van der Waals surface area contributed by atoms with Gasteiger partial charge in [0.15, 0.2) is 0 Å². The largest absolute Gasteiger partial charge is 0.386 e. The molecule has 0 aliphatic heterocycles. The van der Waals surface area contributed by atoms with E-state index in [0.717, 1.165) is 24.2 Å². The number of hydrogen-bond acceptors (Lipinski definition) is 2. The molecule has 1 aliphatic rings. The van der Waals surface area contributed by atoms with Gasteiger partial charge in [0.1, 0.15) is 11.8 Å². The molecule has 2 aromatic heterocycles. The molecular formula is C16H22N2O. The summed E-state index contributed by atoms with van der Waals surface area (Å²) in [6.45, 7) is 4.58. The molecule has 3 heteroatoms. The van der Waals surface area contributed by atoms with Crippen LogP contribution in [0.25, 0.3) is 5.65 Å². The lowest BCUT2D eigenvalue weighted by atomic mass is 9.74. The minimum absolute atomic E-state index is 0.351. The molecule has 1 N–H and O–H groups in total. The SMILES string of the molecule is CC1CC(C)CC(C(O)c2cn3ccccc3n2)C1. The Morgan fingerprint density at radius 2 is 1.95 bits per heavy atom. The Kier molecular flexibility index (Phi) is 3.31. The van der Waals surface area contributed by atoms with Crippen LogP contribution in [0.2, 0.25) is 0 Å².